The number of rotatable bonds is 10. The third-order valence-corrected chi connectivity index (χ3v) is 7.29. The van der Waals surface area contributed by atoms with Gasteiger partial charge in [-0.2, -0.15) is 5.26 Å². The number of anilines is 1. The van der Waals surface area contributed by atoms with Crippen LogP contribution in [-0.2, 0) is 18.0 Å². The largest absolute Gasteiger partial charge is 0.493 e. The monoisotopic (exact) mass is 666 g/mol. The molecule has 0 spiro atoms. The number of nitrogens with zero attached hydrogens (tertiary/aromatic N) is 1. The Morgan fingerprint density at radius 2 is 1.55 bits per heavy atom. The Hall–Kier alpha value is -4.81. The van der Waals surface area contributed by atoms with E-state index in [1.807, 2.05) is 60.7 Å². The molecular weight excluding hydrogens is 639 g/mol. The molecular formula is C35H27IN2O4. The molecule has 0 heterocycles. The fraction of sp³-hybridized carbons (Fsp3) is 0.0857. The minimum absolute atomic E-state index is 0.0397. The van der Waals surface area contributed by atoms with Crippen LogP contribution in [0.15, 0.2) is 115 Å². The molecule has 0 fully saturated rings. The fourth-order valence-electron chi connectivity index (χ4n) is 4.34. The maximum atomic E-state index is 12.9. The Balaban J connectivity index is 1.25. The molecule has 0 unspecified atom stereocenters. The Morgan fingerprint density at radius 1 is 0.833 bits per heavy atom. The summed E-state index contributed by atoms with van der Waals surface area (Å²) in [6, 6.07) is 36.9. The molecule has 6 nitrogen and oxygen atoms in total. The van der Waals surface area contributed by atoms with Crippen molar-refractivity contribution >= 4 is 51.0 Å². The van der Waals surface area contributed by atoms with Gasteiger partial charge in [0, 0.05) is 5.69 Å². The minimum Gasteiger partial charge on any atom is -0.493 e. The summed E-state index contributed by atoms with van der Waals surface area (Å²) in [7, 11) is 1.56. The van der Waals surface area contributed by atoms with E-state index in [1.54, 1.807) is 37.4 Å². The predicted molar refractivity (Wildman–Crippen MR) is 173 cm³/mol. The summed E-state index contributed by atoms with van der Waals surface area (Å²) < 4.78 is 18.3. The van der Waals surface area contributed by atoms with Crippen molar-refractivity contribution < 1.29 is 19.0 Å². The number of fused-ring (bicyclic) bond motifs is 1. The molecule has 1 amide bonds. The zero-order valence-corrected chi connectivity index (χ0v) is 25.0. The zero-order valence-electron chi connectivity index (χ0n) is 22.8. The number of amides is 1. The van der Waals surface area contributed by atoms with Crippen LogP contribution >= 0.6 is 22.6 Å². The Labute approximate surface area is 258 Å². The number of nitriles is 1. The van der Waals surface area contributed by atoms with E-state index in [0.717, 1.165) is 20.1 Å². The van der Waals surface area contributed by atoms with Crippen LogP contribution < -0.4 is 19.5 Å². The SMILES string of the molecule is COc1cc(/C=C(\C#N)C(=O)Nc2ccc(OCc3ccccc3)cc2)cc(I)c1OCc1ccc2ccccc2c1. The highest BCUT2D eigenvalue weighted by Gasteiger charge is 2.15. The van der Waals surface area contributed by atoms with Crippen LogP contribution in [0.3, 0.4) is 0 Å². The van der Waals surface area contributed by atoms with Crippen molar-refractivity contribution in [3.63, 3.8) is 0 Å². The lowest BCUT2D eigenvalue weighted by Gasteiger charge is -2.14. The number of hydrogen-bond acceptors (Lipinski definition) is 5. The quantitative estimate of drug-likeness (QED) is 0.0925. The van der Waals surface area contributed by atoms with Gasteiger partial charge in [0.1, 0.15) is 30.6 Å². The van der Waals surface area contributed by atoms with Crippen molar-refractivity contribution in [1.29, 1.82) is 5.26 Å². The van der Waals surface area contributed by atoms with Gasteiger partial charge in [0.05, 0.1) is 10.7 Å². The second-order valence-corrected chi connectivity index (χ2v) is 10.6. The molecule has 0 aliphatic rings. The highest BCUT2D eigenvalue weighted by Crippen LogP contribution is 2.35. The second kappa shape index (κ2) is 13.7. The molecule has 0 aliphatic heterocycles. The first-order valence-corrected chi connectivity index (χ1v) is 14.3. The standard InChI is InChI=1S/C35H27IN2O4/c1-40-33-20-26(19-32(36)34(33)42-23-25-11-12-27-9-5-6-10-28(27)17-25)18-29(21-37)35(39)38-30-13-15-31(16-14-30)41-22-24-7-3-2-4-8-24/h2-20H,22-23H2,1H3,(H,38,39)/b29-18+. The normalized spacial score (nSPS) is 11.0. The van der Waals surface area contributed by atoms with Gasteiger partial charge in [0.2, 0.25) is 0 Å². The minimum atomic E-state index is -0.513. The summed E-state index contributed by atoms with van der Waals surface area (Å²) in [6.45, 7) is 0.817. The third-order valence-electron chi connectivity index (χ3n) is 6.49. The van der Waals surface area contributed by atoms with E-state index in [4.69, 9.17) is 14.2 Å². The number of carbonyl (C=O) groups is 1. The van der Waals surface area contributed by atoms with Gasteiger partial charge in [-0.25, -0.2) is 0 Å². The Morgan fingerprint density at radius 3 is 2.29 bits per heavy atom. The first-order chi connectivity index (χ1) is 20.5. The van der Waals surface area contributed by atoms with Crippen LogP contribution in [0.4, 0.5) is 5.69 Å². The molecule has 0 saturated heterocycles. The first-order valence-electron chi connectivity index (χ1n) is 13.2. The number of nitrogens with one attached hydrogen (secondary N) is 1. The molecule has 0 atom stereocenters. The summed E-state index contributed by atoms with van der Waals surface area (Å²) in [5.74, 6) is 1.28. The average molecular weight is 667 g/mol. The van der Waals surface area contributed by atoms with Crippen molar-refractivity contribution in [2.45, 2.75) is 13.2 Å². The molecule has 1 N–H and O–H groups in total. The maximum Gasteiger partial charge on any atom is 0.266 e. The fourth-order valence-corrected chi connectivity index (χ4v) is 5.12. The molecule has 7 heteroatoms. The number of benzene rings is 5. The van der Waals surface area contributed by atoms with Gasteiger partial charge in [-0.05, 0) is 98.6 Å². The van der Waals surface area contributed by atoms with E-state index in [1.165, 1.54) is 11.5 Å². The van der Waals surface area contributed by atoms with Crippen LogP contribution in [0.5, 0.6) is 17.2 Å². The Bertz CT molecular complexity index is 1780. The molecule has 208 valence electrons. The lowest BCUT2D eigenvalue weighted by atomic mass is 10.1. The molecule has 0 bridgehead atoms. The van der Waals surface area contributed by atoms with Crippen LogP contribution in [0.2, 0.25) is 0 Å². The Kier molecular flexibility index (Phi) is 9.37. The van der Waals surface area contributed by atoms with Gasteiger partial charge in [-0.15, -0.1) is 0 Å². The van der Waals surface area contributed by atoms with E-state index < -0.39 is 5.91 Å². The molecule has 0 radical (unpaired) electrons. The summed E-state index contributed by atoms with van der Waals surface area (Å²) in [6.07, 6.45) is 1.53. The van der Waals surface area contributed by atoms with Crippen molar-refractivity contribution in [3.8, 4) is 23.3 Å². The zero-order chi connectivity index (χ0) is 29.3. The molecule has 0 saturated carbocycles. The van der Waals surface area contributed by atoms with Crippen molar-refractivity contribution in [2.24, 2.45) is 0 Å². The molecule has 42 heavy (non-hydrogen) atoms. The summed E-state index contributed by atoms with van der Waals surface area (Å²) in [4.78, 5) is 12.9. The molecule has 0 aliphatic carbocycles. The highest BCUT2D eigenvalue weighted by atomic mass is 127. The van der Waals surface area contributed by atoms with E-state index >= 15 is 0 Å². The maximum absolute atomic E-state index is 12.9. The van der Waals surface area contributed by atoms with Crippen LogP contribution in [-0.4, -0.2) is 13.0 Å². The van der Waals surface area contributed by atoms with Gasteiger partial charge in [0.15, 0.2) is 11.5 Å². The number of hydrogen-bond donors (Lipinski definition) is 1. The van der Waals surface area contributed by atoms with E-state index in [0.29, 0.717) is 41.7 Å². The van der Waals surface area contributed by atoms with Crippen molar-refractivity contribution in [1.82, 2.24) is 0 Å². The summed E-state index contributed by atoms with van der Waals surface area (Å²) in [5, 5.41) is 14.8. The molecule has 5 rings (SSSR count). The third kappa shape index (κ3) is 7.28. The van der Waals surface area contributed by atoms with E-state index in [2.05, 4.69) is 52.2 Å². The number of halogens is 1. The molecule has 5 aromatic carbocycles. The second-order valence-electron chi connectivity index (χ2n) is 9.43. The van der Waals surface area contributed by atoms with Gasteiger partial charge >= 0.3 is 0 Å². The van der Waals surface area contributed by atoms with Crippen molar-refractivity contribution in [3.05, 3.63) is 135 Å². The van der Waals surface area contributed by atoms with Crippen LogP contribution in [0.1, 0.15) is 16.7 Å². The van der Waals surface area contributed by atoms with E-state index in [9.17, 15) is 10.1 Å². The van der Waals surface area contributed by atoms with E-state index in [-0.39, 0.29) is 5.57 Å². The summed E-state index contributed by atoms with van der Waals surface area (Å²) in [5.41, 5.74) is 3.26. The number of methoxy groups -OCH3 is 1. The number of carbonyl (C=O) groups excluding carboxylic acids is 1. The highest BCUT2D eigenvalue weighted by molar-refractivity contribution is 14.1. The smallest absolute Gasteiger partial charge is 0.266 e. The molecule has 5 aromatic rings. The lowest BCUT2D eigenvalue weighted by molar-refractivity contribution is -0.112. The lowest BCUT2D eigenvalue weighted by Crippen LogP contribution is -2.13. The van der Waals surface area contributed by atoms with Crippen LogP contribution in [0, 0.1) is 14.9 Å². The van der Waals surface area contributed by atoms with Gasteiger partial charge in [-0.3, -0.25) is 4.79 Å². The van der Waals surface area contributed by atoms with Crippen molar-refractivity contribution in [2.75, 3.05) is 12.4 Å². The van der Waals surface area contributed by atoms with Gasteiger partial charge in [0.25, 0.3) is 5.91 Å². The van der Waals surface area contributed by atoms with Gasteiger partial charge in [-0.1, -0.05) is 66.7 Å². The van der Waals surface area contributed by atoms with Gasteiger partial charge < -0.3 is 19.5 Å². The number of ether oxygens (including phenoxy) is 3. The topological polar surface area (TPSA) is 80.6 Å². The first kappa shape index (κ1) is 28.7. The average Bonchev–Trinajstić information content (AvgIpc) is 3.02. The van der Waals surface area contributed by atoms with Crippen LogP contribution in [0.25, 0.3) is 16.8 Å². The predicted octanol–water partition coefficient (Wildman–Crippen LogP) is 8.16. The summed E-state index contributed by atoms with van der Waals surface area (Å²) >= 11 is 2.17. The molecule has 0 aromatic heterocycles.